The molecule has 2 aromatic rings. The lowest BCUT2D eigenvalue weighted by Crippen LogP contribution is -2.26. The molecule has 2 aromatic carbocycles. The van der Waals surface area contributed by atoms with Crippen LogP contribution in [0.1, 0.15) is 17.5 Å². The molecule has 0 fully saturated rings. The normalized spacial score (nSPS) is 13.7. The first-order valence-electron chi connectivity index (χ1n) is 9.10. The predicted molar refractivity (Wildman–Crippen MR) is 122 cm³/mol. The Morgan fingerprint density at radius 2 is 2.03 bits per heavy atom. The second-order valence-corrected chi connectivity index (χ2v) is 7.59. The molecule has 0 aliphatic carbocycles. The second-order valence-electron chi connectivity index (χ2n) is 6.27. The van der Waals surface area contributed by atoms with Crippen LogP contribution in [0.5, 0.6) is 0 Å². The first kappa shape index (κ1) is 22.1. The molecule has 9 heteroatoms. The third kappa shape index (κ3) is 5.33. The van der Waals surface area contributed by atoms with Gasteiger partial charge in [0.25, 0.3) is 0 Å². The number of ether oxygens (including phenoxy) is 2. The predicted octanol–water partition coefficient (Wildman–Crippen LogP) is 4.14. The Morgan fingerprint density at radius 3 is 2.77 bits per heavy atom. The van der Waals surface area contributed by atoms with Crippen LogP contribution < -0.4 is 5.43 Å². The number of halogens is 2. The van der Waals surface area contributed by atoms with Gasteiger partial charge in [0, 0.05) is 34.2 Å². The first-order chi connectivity index (χ1) is 14.5. The Labute approximate surface area is 188 Å². The van der Waals surface area contributed by atoms with Crippen molar-refractivity contribution >= 4 is 56.4 Å². The van der Waals surface area contributed by atoms with E-state index in [4.69, 9.17) is 26.1 Å². The van der Waals surface area contributed by atoms with Crippen molar-refractivity contribution in [2.24, 2.45) is 15.1 Å². The van der Waals surface area contributed by atoms with E-state index in [1.165, 1.54) is 7.11 Å². The molecule has 0 atom stereocenters. The largest absolute Gasteiger partial charge is 0.464 e. The van der Waals surface area contributed by atoms with E-state index in [-0.39, 0.29) is 12.3 Å². The van der Waals surface area contributed by atoms with Crippen LogP contribution in [0.25, 0.3) is 0 Å². The number of carbonyl (C=O) groups is 1. The van der Waals surface area contributed by atoms with Gasteiger partial charge in [-0.3, -0.25) is 10.4 Å². The van der Waals surface area contributed by atoms with E-state index in [9.17, 15) is 4.79 Å². The number of carbonyl (C=O) groups excluding carboxylic acids is 1. The Morgan fingerprint density at radius 1 is 1.23 bits per heavy atom. The number of nitrogens with zero attached hydrogens (tertiary/aromatic N) is 3. The molecule has 0 aromatic heterocycles. The van der Waals surface area contributed by atoms with Crippen molar-refractivity contribution in [3.05, 3.63) is 63.1 Å². The molecule has 1 heterocycles. The van der Waals surface area contributed by atoms with Gasteiger partial charge in [-0.25, -0.2) is 9.79 Å². The molecular weight excluding hydrogens is 472 g/mol. The van der Waals surface area contributed by atoms with Gasteiger partial charge in [0.2, 0.25) is 0 Å². The maximum Gasteiger partial charge on any atom is 0.354 e. The van der Waals surface area contributed by atoms with E-state index in [2.05, 4.69) is 31.4 Å². The van der Waals surface area contributed by atoms with Gasteiger partial charge in [-0.2, -0.15) is 5.10 Å². The lowest BCUT2D eigenvalue weighted by Gasteiger charge is -2.10. The summed E-state index contributed by atoms with van der Waals surface area (Å²) in [6.07, 6.45) is 0.307. The maximum atomic E-state index is 11.9. The van der Waals surface area contributed by atoms with Gasteiger partial charge in [-0.05, 0) is 24.3 Å². The lowest BCUT2D eigenvalue weighted by atomic mass is 10.0. The molecule has 156 valence electrons. The SMILES string of the molecule is COCC/C(=N/NC1=Nc2ccc(Br)cc2C(c2ccccc2Cl)=NC1)C(=O)OC. The van der Waals surface area contributed by atoms with Crippen molar-refractivity contribution in [3.63, 3.8) is 0 Å². The first-order valence-corrected chi connectivity index (χ1v) is 10.3. The number of methoxy groups -OCH3 is 2. The molecule has 3 rings (SSSR count). The number of amidine groups is 1. The fourth-order valence-electron chi connectivity index (χ4n) is 2.81. The van der Waals surface area contributed by atoms with Crippen LogP contribution in [0, 0.1) is 0 Å². The zero-order chi connectivity index (χ0) is 21.5. The fraction of sp³-hybridized carbons (Fsp3) is 0.238. The van der Waals surface area contributed by atoms with Crippen LogP contribution in [0.2, 0.25) is 5.02 Å². The average Bonchev–Trinajstić information content (AvgIpc) is 2.93. The van der Waals surface area contributed by atoms with Gasteiger partial charge >= 0.3 is 5.97 Å². The van der Waals surface area contributed by atoms with Crippen molar-refractivity contribution < 1.29 is 14.3 Å². The third-order valence-corrected chi connectivity index (χ3v) is 5.09. The molecule has 1 N–H and O–H groups in total. The quantitative estimate of drug-likeness (QED) is 0.374. The van der Waals surface area contributed by atoms with Crippen LogP contribution in [0.15, 0.2) is 62.0 Å². The van der Waals surface area contributed by atoms with Gasteiger partial charge in [-0.15, -0.1) is 0 Å². The maximum absolute atomic E-state index is 11.9. The van der Waals surface area contributed by atoms with E-state index in [0.717, 1.165) is 21.3 Å². The van der Waals surface area contributed by atoms with E-state index in [1.54, 1.807) is 7.11 Å². The minimum Gasteiger partial charge on any atom is -0.464 e. The molecule has 0 bridgehead atoms. The highest BCUT2D eigenvalue weighted by atomic mass is 79.9. The van der Waals surface area contributed by atoms with Gasteiger partial charge < -0.3 is 9.47 Å². The van der Waals surface area contributed by atoms with Crippen molar-refractivity contribution in [1.29, 1.82) is 0 Å². The number of esters is 1. The zero-order valence-corrected chi connectivity index (χ0v) is 18.8. The van der Waals surface area contributed by atoms with Crippen molar-refractivity contribution in [1.82, 2.24) is 5.43 Å². The van der Waals surface area contributed by atoms with E-state index in [1.807, 2.05) is 42.5 Å². The Bertz CT molecular complexity index is 1040. The molecule has 7 nitrogen and oxygen atoms in total. The van der Waals surface area contributed by atoms with E-state index < -0.39 is 5.97 Å². The molecule has 0 unspecified atom stereocenters. The monoisotopic (exact) mass is 490 g/mol. The zero-order valence-electron chi connectivity index (χ0n) is 16.5. The Balaban J connectivity index is 1.97. The third-order valence-electron chi connectivity index (χ3n) is 4.27. The van der Waals surface area contributed by atoms with Crippen molar-refractivity contribution in [2.75, 3.05) is 27.4 Å². The number of aliphatic imine (C=N–C) groups is 2. The number of hydrogen-bond acceptors (Lipinski definition) is 7. The van der Waals surface area contributed by atoms with Gasteiger partial charge in [0.05, 0.1) is 31.7 Å². The lowest BCUT2D eigenvalue weighted by molar-refractivity contribution is -0.132. The van der Waals surface area contributed by atoms with E-state index >= 15 is 0 Å². The topological polar surface area (TPSA) is 84.6 Å². The summed E-state index contributed by atoms with van der Waals surface area (Å²) in [6, 6.07) is 13.3. The fourth-order valence-corrected chi connectivity index (χ4v) is 3.40. The minimum atomic E-state index is -0.529. The molecule has 0 saturated carbocycles. The van der Waals surface area contributed by atoms with Gasteiger partial charge in [0.1, 0.15) is 11.5 Å². The molecule has 0 radical (unpaired) electrons. The Hall–Kier alpha value is -2.55. The number of fused-ring (bicyclic) bond motifs is 1. The van der Waals surface area contributed by atoms with Crippen LogP contribution in [0.3, 0.4) is 0 Å². The molecule has 0 spiro atoms. The summed E-state index contributed by atoms with van der Waals surface area (Å²) in [6.45, 7) is 0.572. The molecule has 30 heavy (non-hydrogen) atoms. The van der Waals surface area contributed by atoms with Crippen molar-refractivity contribution in [2.45, 2.75) is 6.42 Å². The number of benzene rings is 2. The summed E-state index contributed by atoms with van der Waals surface area (Å²) in [5.41, 5.74) is 6.16. The van der Waals surface area contributed by atoms with Crippen molar-refractivity contribution in [3.8, 4) is 0 Å². The average molecular weight is 492 g/mol. The summed E-state index contributed by atoms with van der Waals surface area (Å²) >= 11 is 9.94. The number of rotatable bonds is 6. The molecule has 1 aliphatic rings. The van der Waals surface area contributed by atoms with Crippen LogP contribution in [-0.4, -0.2) is 50.6 Å². The molecule has 0 amide bonds. The second kappa shape index (κ2) is 10.5. The van der Waals surface area contributed by atoms with Gasteiger partial charge in [0.15, 0.2) is 0 Å². The van der Waals surface area contributed by atoms with E-state index in [0.29, 0.717) is 29.6 Å². The van der Waals surface area contributed by atoms with Gasteiger partial charge in [-0.1, -0.05) is 45.7 Å². The number of nitrogens with one attached hydrogen (secondary N) is 1. The Kier molecular flexibility index (Phi) is 7.73. The highest BCUT2D eigenvalue weighted by Gasteiger charge is 2.19. The summed E-state index contributed by atoms with van der Waals surface area (Å²) in [4.78, 5) is 21.3. The summed E-state index contributed by atoms with van der Waals surface area (Å²) in [5, 5.41) is 4.78. The summed E-state index contributed by atoms with van der Waals surface area (Å²) in [7, 11) is 2.86. The summed E-state index contributed by atoms with van der Waals surface area (Å²) < 4.78 is 10.7. The minimum absolute atomic E-state index is 0.206. The van der Waals surface area contributed by atoms with Crippen LogP contribution in [0.4, 0.5) is 5.69 Å². The number of hydrogen-bond donors (Lipinski definition) is 1. The smallest absolute Gasteiger partial charge is 0.354 e. The highest BCUT2D eigenvalue weighted by Crippen LogP contribution is 2.30. The molecule has 0 saturated heterocycles. The number of hydrazone groups is 1. The van der Waals surface area contributed by atoms with Crippen LogP contribution >= 0.6 is 27.5 Å². The molecular formula is C21H20BrClN4O3. The van der Waals surface area contributed by atoms with Crippen LogP contribution in [-0.2, 0) is 14.3 Å². The summed E-state index contributed by atoms with van der Waals surface area (Å²) in [5.74, 6) is -0.0437. The standard InChI is InChI=1S/C21H20BrClN4O3/c1-29-10-9-18(21(28)30-2)26-27-19-12-24-20(14-5-3-4-6-16(14)23)15-11-13(22)7-8-17(15)25-19/h3-8,11H,9-10,12H2,1-2H3,(H,25,27)/b26-18-. The molecule has 1 aliphatic heterocycles. The highest BCUT2D eigenvalue weighted by molar-refractivity contribution is 9.10.